The van der Waals surface area contributed by atoms with Crippen molar-refractivity contribution in [2.24, 2.45) is 4.99 Å². The highest BCUT2D eigenvalue weighted by molar-refractivity contribution is 14.0. The van der Waals surface area contributed by atoms with Crippen molar-refractivity contribution in [3.8, 4) is 5.75 Å². The minimum atomic E-state index is -0.00127. The van der Waals surface area contributed by atoms with Crippen molar-refractivity contribution in [2.45, 2.75) is 26.2 Å². The summed E-state index contributed by atoms with van der Waals surface area (Å²) in [6.45, 7) is 5.14. The molecule has 2 N–H and O–H groups in total. The van der Waals surface area contributed by atoms with Gasteiger partial charge in [-0.2, -0.15) is 0 Å². The Morgan fingerprint density at radius 2 is 1.83 bits per heavy atom. The molecule has 162 valence electrons. The first-order valence-electron chi connectivity index (χ1n) is 10.4. The Kier molecular flexibility index (Phi) is 10.5. The van der Waals surface area contributed by atoms with Crippen LogP contribution in [-0.4, -0.2) is 44.7 Å². The van der Waals surface area contributed by atoms with Crippen LogP contribution >= 0.6 is 24.0 Å². The van der Waals surface area contributed by atoms with Crippen molar-refractivity contribution in [3.05, 3.63) is 60.2 Å². The molecule has 0 aromatic heterocycles. The molecule has 1 heterocycles. The first-order chi connectivity index (χ1) is 14.3. The van der Waals surface area contributed by atoms with Crippen LogP contribution in [0.3, 0.4) is 0 Å². The third-order valence-electron chi connectivity index (χ3n) is 4.74. The highest BCUT2D eigenvalue weighted by Crippen LogP contribution is 2.31. The van der Waals surface area contributed by atoms with E-state index in [-0.39, 0.29) is 36.5 Å². The Balaban J connectivity index is 0.00000320. The quantitative estimate of drug-likeness (QED) is 0.229. The number of hydrogen-bond donors (Lipinski definition) is 2. The summed E-state index contributed by atoms with van der Waals surface area (Å²) < 4.78 is 5.49. The van der Waals surface area contributed by atoms with Gasteiger partial charge in [0.15, 0.2) is 12.6 Å². The Bertz CT molecular complexity index is 814. The lowest BCUT2D eigenvalue weighted by atomic mass is 10.1. The number of guanidine groups is 1. The first kappa shape index (κ1) is 24.0. The molecule has 2 aromatic carbocycles. The van der Waals surface area contributed by atoms with Gasteiger partial charge in [0.05, 0.1) is 5.69 Å². The van der Waals surface area contributed by atoms with E-state index in [1.165, 1.54) is 5.56 Å². The van der Waals surface area contributed by atoms with Crippen LogP contribution in [0.1, 0.15) is 25.3 Å². The average Bonchev–Trinajstić information content (AvgIpc) is 2.76. The molecule has 0 saturated heterocycles. The van der Waals surface area contributed by atoms with Gasteiger partial charge >= 0.3 is 0 Å². The van der Waals surface area contributed by atoms with Gasteiger partial charge in [0, 0.05) is 26.2 Å². The number of aliphatic imine (C=N–C) groups is 1. The zero-order valence-electron chi connectivity index (χ0n) is 17.5. The summed E-state index contributed by atoms with van der Waals surface area (Å²) in [5.41, 5.74) is 2.20. The molecule has 1 amide bonds. The molecule has 0 atom stereocenters. The number of fused-ring (bicyclic) bond motifs is 1. The van der Waals surface area contributed by atoms with Crippen molar-refractivity contribution in [1.82, 2.24) is 10.6 Å². The molecule has 3 rings (SSSR count). The van der Waals surface area contributed by atoms with Gasteiger partial charge in [-0.25, -0.2) is 0 Å². The molecule has 1 aliphatic rings. The van der Waals surface area contributed by atoms with Gasteiger partial charge in [-0.15, -0.1) is 24.0 Å². The second-order valence-corrected chi connectivity index (χ2v) is 6.93. The van der Waals surface area contributed by atoms with Crippen LogP contribution in [0.25, 0.3) is 0 Å². The van der Waals surface area contributed by atoms with E-state index in [0.29, 0.717) is 13.1 Å². The zero-order chi connectivity index (χ0) is 20.3. The Morgan fingerprint density at radius 1 is 1.07 bits per heavy atom. The van der Waals surface area contributed by atoms with Crippen molar-refractivity contribution < 1.29 is 9.53 Å². The number of benzene rings is 2. The van der Waals surface area contributed by atoms with Gasteiger partial charge in [-0.1, -0.05) is 42.5 Å². The standard InChI is InChI=1S/C23H30N4O2.HI/c1-2-24-23(25-15-8-12-19-10-4-3-5-11-19)26-16-9-17-27-20-13-6-7-14-21(20)29-18-22(27)28;/h3-7,10-11,13-14H,2,8-9,12,15-18H2,1H3,(H2,24,25,26);1H. The second kappa shape index (κ2) is 13.1. The van der Waals surface area contributed by atoms with Crippen LogP contribution in [0.4, 0.5) is 5.69 Å². The minimum absolute atomic E-state index is 0. The maximum atomic E-state index is 12.2. The molecule has 0 fully saturated rings. The van der Waals surface area contributed by atoms with E-state index in [9.17, 15) is 4.79 Å². The van der Waals surface area contributed by atoms with Crippen LogP contribution in [0.5, 0.6) is 5.75 Å². The minimum Gasteiger partial charge on any atom is -0.482 e. The van der Waals surface area contributed by atoms with Gasteiger partial charge in [0.2, 0.25) is 0 Å². The molecule has 0 spiro atoms. The Morgan fingerprint density at radius 3 is 2.63 bits per heavy atom. The molecule has 0 radical (unpaired) electrons. The van der Waals surface area contributed by atoms with E-state index in [2.05, 4.69) is 46.8 Å². The fraction of sp³-hybridized carbons (Fsp3) is 0.391. The van der Waals surface area contributed by atoms with Gasteiger partial charge in [-0.3, -0.25) is 9.79 Å². The molecule has 0 saturated carbocycles. The lowest BCUT2D eigenvalue weighted by Crippen LogP contribution is -2.40. The van der Waals surface area contributed by atoms with Crippen LogP contribution in [0.15, 0.2) is 59.6 Å². The predicted molar refractivity (Wildman–Crippen MR) is 133 cm³/mol. The predicted octanol–water partition coefficient (Wildman–Crippen LogP) is 3.61. The summed E-state index contributed by atoms with van der Waals surface area (Å²) in [6.07, 6.45) is 2.89. The highest BCUT2D eigenvalue weighted by atomic mass is 127. The monoisotopic (exact) mass is 522 g/mol. The van der Waals surface area contributed by atoms with Crippen molar-refractivity contribution in [2.75, 3.05) is 37.7 Å². The lowest BCUT2D eigenvalue weighted by molar-refractivity contribution is -0.121. The lowest BCUT2D eigenvalue weighted by Gasteiger charge is -2.29. The largest absolute Gasteiger partial charge is 0.482 e. The Labute approximate surface area is 196 Å². The zero-order valence-corrected chi connectivity index (χ0v) is 19.8. The van der Waals surface area contributed by atoms with E-state index in [1.54, 1.807) is 4.90 Å². The fourth-order valence-corrected chi connectivity index (χ4v) is 3.30. The normalized spacial score (nSPS) is 13.2. The molecule has 30 heavy (non-hydrogen) atoms. The van der Waals surface area contributed by atoms with E-state index < -0.39 is 0 Å². The fourth-order valence-electron chi connectivity index (χ4n) is 3.30. The number of rotatable bonds is 9. The van der Waals surface area contributed by atoms with Crippen LogP contribution in [0.2, 0.25) is 0 Å². The molecular formula is C23H31IN4O2. The number of carbonyl (C=O) groups excluding carboxylic acids is 1. The second-order valence-electron chi connectivity index (χ2n) is 6.93. The van der Waals surface area contributed by atoms with Crippen LogP contribution in [0, 0.1) is 0 Å². The van der Waals surface area contributed by atoms with Crippen molar-refractivity contribution in [1.29, 1.82) is 0 Å². The van der Waals surface area contributed by atoms with E-state index in [1.807, 2.05) is 30.3 Å². The number of halogens is 1. The molecule has 0 aliphatic carbocycles. The number of carbonyl (C=O) groups is 1. The van der Waals surface area contributed by atoms with Gasteiger partial charge in [0.25, 0.3) is 5.91 Å². The van der Waals surface area contributed by atoms with Crippen LogP contribution in [-0.2, 0) is 11.2 Å². The number of anilines is 1. The number of hydrogen-bond acceptors (Lipinski definition) is 3. The first-order valence-corrected chi connectivity index (χ1v) is 10.4. The molecule has 6 nitrogen and oxygen atoms in total. The van der Waals surface area contributed by atoms with E-state index in [4.69, 9.17) is 4.74 Å². The summed E-state index contributed by atoms with van der Waals surface area (Å²) in [7, 11) is 0. The third kappa shape index (κ3) is 7.19. The summed E-state index contributed by atoms with van der Waals surface area (Å²) in [6, 6.07) is 18.2. The number of nitrogens with zero attached hydrogens (tertiary/aromatic N) is 2. The van der Waals surface area contributed by atoms with Crippen LogP contribution < -0.4 is 20.3 Å². The van der Waals surface area contributed by atoms with Gasteiger partial charge in [-0.05, 0) is 43.9 Å². The van der Waals surface area contributed by atoms with Crippen molar-refractivity contribution >= 4 is 41.5 Å². The molecule has 1 aliphatic heterocycles. The highest BCUT2D eigenvalue weighted by Gasteiger charge is 2.24. The summed E-state index contributed by atoms with van der Waals surface area (Å²) >= 11 is 0. The smallest absolute Gasteiger partial charge is 0.265 e. The SMILES string of the molecule is CCNC(=NCCCN1C(=O)COc2ccccc21)NCCCc1ccccc1.I. The third-order valence-corrected chi connectivity index (χ3v) is 4.74. The number of amides is 1. The number of para-hydroxylation sites is 2. The summed E-state index contributed by atoms with van der Waals surface area (Å²) in [4.78, 5) is 18.7. The molecule has 0 unspecified atom stereocenters. The average molecular weight is 522 g/mol. The van der Waals surface area contributed by atoms with E-state index >= 15 is 0 Å². The molecular weight excluding hydrogens is 491 g/mol. The van der Waals surface area contributed by atoms with Gasteiger partial charge in [0.1, 0.15) is 5.75 Å². The maximum absolute atomic E-state index is 12.2. The Hall–Kier alpha value is -2.29. The molecule has 2 aromatic rings. The maximum Gasteiger partial charge on any atom is 0.265 e. The van der Waals surface area contributed by atoms with E-state index in [0.717, 1.165) is 49.7 Å². The topological polar surface area (TPSA) is 66.0 Å². The number of nitrogens with one attached hydrogen (secondary N) is 2. The molecule has 0 bridgehead atoms. The summed E-state index contributed by atoms with van der Waals surface area (Å²) in [5.74, 6) is 1.59. The number of aryl methyl sites for hydroxylation is 1. The van der Waals surface area contributed by atoms with Crippen molar-refractivity contribution in [3.63, 3.8) is 0 Å². The van der Waals surface area contributed by atoms with Gasteiger partial charge < -0.3 is 20.3 Å². The summed E-state index contributed by atoms with van der Waals surface area (Å²) in [5, 5.41) is 6.67. The molecule has 7 heteroatoms. The number of ether oxygens (including phenoxy) is 1.